The average molecular weight is 276 g/mol. The highest BCUT2D eigenvalue weighted by atomic mass is 16.4. The molecule has 3 N–H and O–H groups in total. The average Bonchev–Trinajstić information content (AvgIpc) is 2.77. The Kier molecular flexibility index (Phi) is 4.27. The van der Waals surface area contributed by atoms with Crippen LogP contribution in [0.3, 0.4) is 0 Å². The molecule has 0 heterocycles. The number of amides is 2. The van der Waals surface area contributed by atoms with Gasteiger partial charge in [0.15, 0.2) is 0 Å². The van der Waals surface area contributed by atoms with Crippen molar-refractivity contribution in [1.82, 2.24) is 5.32 Å². The molecule has 2 atom stereocenters. The zero-order valence-corrected chi connectivity index (χ0v) is 11.8. The Labute approximate surface area is 118 Å². The molecule has 0 saturated heterocycles. The zero-order valence-electron chi connectivity index (χ0n) is 11.8. The Bertz CT molecular complexity index is 528. The Morgan fingerprint density at radius 1 is 1.30 bits per heavy atom. The summed E-state index contributed by atoms with van der Waals surface area (Å²) in [5.41, 5.74) is 1.31. The second-order valence-electron chi connectivity index (χ2n) is 5.40. The summed E-state index contributed by atoms with van der Waals surface area (Å²) in [5.74, 6) is -0.497. The van der Waals surface area contributed by atoms with Gasteiger partial charge in [-0.15, -0.1) is 0 Å². The van der Waals surface area contributed by atoms with Gasteiger partial charge < -0.3 is 15.7 Å². The number of hydrogen-bond donors (Lipinski definition) is 3. The number of urea groups is 1. The van der Waals surface area contributed by atoms with Crippen LogP contribution in [0.25, 0.3) is 0 Å². The lowest BCUT2D eigenvalue weighted by molar-refractivity contribution is 0.0696. The summed E-state index contributed by atoms with van der Waals surface area (Å²) in [6.45, 7) is 3.82. The van der Waals surface area contributed by atoms with Gasteiger partial charge >= 0.3 is 12.0 Å². The molecule has 1 aromatic carbocycles. The van der Waals surface area contributed by atoms with Crippen LogP contribution in [0.1, 0.15) is 42.1 Å². The van der Waals surface area contributed by atoms with E-state index in [0.29, 0.717) is 17.2 Å². The normalized spacial score (nSPS) is 21.5. The number of hydrogen-bond acceptors (Lipinski definition) is 2. The molecule has 1 fully saturated rings. The van der Waals surface area contributed by atoms with E-state index in [-0.39, 0.29) is 17.6 Å². The fraction of sp³-hybridized carbons (Fsp3) is 0.467. The fourth-order valence-electron chi connectivity index (χ4n) is 2.69. The van der Waals surface area contributed by atoms with Crippen LogP contribution in [0.5, 0.6) is 0 Å². The maximum Gasteiger partial charge on any atom is 0.336 e. The lowest BCUT2D eigenvalue weighted by Crippen LogP contribution is -2.39. The van der Waals surface area contributed by atoms with E-state index in [9.17, 15) is 9.59 Å². The van der Waals surface area contributed by atoms with Crippen molar-refractivity contribution in [3.8, 4) is 0 Å². The Morgan fingerprint density at radius 2 is 2.05 bits per heavy atom. The van der Waals surface area contributed by atoms with Gasteiger partial charge in [0, 0.05) is 11.7 Å². The highest BCUT2D eigenvalue weighted by Gasteiger charge is 2.24. The van der Waals surface area contributed by atoms with Crippen molar-refractivity contribution in [2.75, 3.05) is 5.32 Å². The van der Waals surface area contributed by atoms with Crippen LogP contribution in [0, 0.1) is 12.8 Å². The third-order valence-corrected chi connectivity index (χ3v) is 3.99. The van der Waals surface area contributed by atoms with Gasteiger partial charge in [-0.25, -0.2) is 9.59 Å². The first kappa shape index (κ1) is 14.4. The van der Waals surface area contributed by atoms with Gasteiger partial charge in [-0.1, -0.05) is 19.4 Å². The van der Waals surface area contributed by atoms with Crippen molar-refractivity contribution in [2.45, 2.75) is 39.2 Å². The lowest BCUT2D eigenvalue weighted by atomic mass is 10.1. The largest absolute Gasteiger partial charge is 0.478 e. The first-order chi connectivity index (χ1) is 9.49. The molecule has 0 radical (unpaired) electrons. The minimum absolute atomic E-state index is 0.206. The Hall–Kier alpha value is -2.04. The van der Waals surface area contributed by atoms with E-state index >= 15 is 0 Å². The minimum Gasteiger partial charge on any atom is -0.478 e. The molecule has 0 bridgehead atoms. The highest BCUT2D eigenvalue weighted by Crippen LogP contribution is 2.25. The number of rotatable bonds is 3. The first-order valence-electron chi connectivity index (χ1n) is 6.89. The number of nitrogens with one attached hydrogen (secondary N) is 2. The van der Waals surface area contributed by atoms with Crippen LogP contribution in [0.4, 0.5) is 10.5 Å². The molecule has 108 valence electrons. The molecule has 2 unspecified atom stereocenters. The topological polar surface area (TPSA) is 78.4 Å². The van der Waals surface area contributed by atoms with E-state index in [4.69, 9.17) is 5.11 Å². The fourth-order valence-corrected chi connectivity index (χ4v) is 2.69. The number of anilines is 1. The zero-order chi connectivity index (χ0) is 14.7. The number of carbonyl (C=O) groups excluding carboxylic acids is 1. The molecule has 1 aliphatic rings. The monoisotopic (exact) mass is 276 g/mol. The van der Waals surface area contributed by atoms with Crippen LogP contribution in [0.2, 0.25) is 0 Å². The summed E-state index contributed by atoms with van der Waals surface area (Å²) in [4.78, 5) is 23.0. The van der Waals surface area contributed by atoms with Gasteiger partial charge in [-0.2, -0.15) is 0 Å². The van der Waals surface area contributed by atoms with Crippen molar-refractivity contribution < 1.29 is 14.7 Å². The van der Waals surface area contributed by atoms with Crippen molar-refractivity contribution >= 4 is 17.7 Å². The second kappa shape index (κ2) is 5.94. The van der Waals surface area contributed by atoms with Gasteiger partial charge in [-0.05, 0) is 43.4 Å². The van der Waals surface area contributed by atoms with Crippen LogP contribution in [0.15, 0.2) is 18.2 Å². The smallest absolute Gasteiger partial charge is 0.336 e. The summed E-state index contributed by atoms with van der Waals surface area (Å²) >= 11 is 0. The predicted molar refractivity (Wildman–Crippen MR) is 77.1 cm³/mol. The third-order valence-electron chi connectivity index (χ3n) is 3.99. The van der Waals surface area contributed by atoms with Gasteiger partial charge in [0.25, 0.3) is 0 Å². The van der Waals surface area contributed by atoms with Gasteiger partial charge in [0.1, 0.15) is 0 Å². The third kappa shape index (κ3) is 3.10. The molecular formula is C15H20N2O3. The number of carboxylic acids is 1. The Balaban J connectivity index is 2.04. The van der Waals surface area contributed by atoms with Crippen molar-refractivity contribution in [2.24, 2.45) is 5.92 Å². The molecule has 1 aromatic rings. The summed E-state index contributed by atoms with van der Waals surface area (Å²) < 4.78 is 0. The van der Waals surface area contributed by atoms with E-state index in [1.165, 1.54) is 6.07 Å². The molecule has 1 saturated carbocycles. The molecule has 5 heteroatoms. The van der Waals surface area contributed by atoms with Crippen molar-refractivity contribution in [3.05, 3.63) is 29.3 Å². The highest BCUT2D eigenvalue weighted by molar-refractivity contribution is 5.95. The Morgan fingerprint density at radius 3 is 2.65 bits per heavy atom. The summed E-state index contributed by atoms with van der Waals surface area (Å²) in [6, 6.07) is 4.80. The molecule has 2 rings (SSSR count). The number of carbonyl (C=O) groups is 2. The van der Waals surface area contributed by atoms with E-state index in [2.05, 4.69) is 17.6 Å². The van der Waals surface area contributed by atoms with E-state index in [1.54, 1.807) is 19.1 Å². The maximum absolute atomic E-state index is 12.0. The molecule has 2 amide bonds. The first-order valence-corrected chi connectivity index (χ1v) is 6.89. The van der Waals surface area contributed by atoms with Gasteiger partial charge in [0.05, 0.1) is 5.56 Å². The number of benzene rings is 1. The SMILES string of the molecule is Cc1c(NC(=O)NC2CCCC2C)cccc1C(=O)O. The quantitative estimate of drug-likeness (QED) is 0.794. The van der Waals surface area contributed by atoms with Crippen molar-refractivity contribution in [1.29, 1.82) is 0 Å². The lowest BCUT2D eigenvalue weighted by Gasteiger charge is -2.18. The molecular weight excluding hydrogens is 256 g/mol. The predicted octanol–water partition coefficient (Wildman–Crippen LogP) is 3.00. The van der Waals surface area contributed by atoms with Crippen LogP contribution in [-0.2, 0) is 0 Å². The summed E-state index contributed by atoms with van der Waals surface area (Å²) in [6.07, 6.45) is 3.28. The number of carboxylic acid groups (broad SMARTS) is 1. The molecule has 1 aliphatic carbocycles. The van der Waals surface area contributed by atoms with Crippen molar-refractivity contribution in [3.63, 3.8) is 0 Å². The molecule has 0 aliphatic heterocycles. The van der Waals surface area contributed by atoms with E-state index in [1.807, 2.05) is 0 Å². The second-order valence-corrected chi connectivity index (χ2v) is 5.40. The molecule has 0 spiro atoms. The van der Waals surface area contributed by atoms with E-state index in [0.717, 1.165) is 19.3 Å². The van der Waals surface area contributed by atoms with Crippen LogP contribution in [-0.4, -0.2) is 23.1 Å². The van der Waals surface area contributed by atoms with Crippen LogP contribution >= 0.6 is 0 Å². The minimum atomic E-state index is -0.990. The summed E-state index contributed by atoms with van der Waals surface area (Å²) in [7, 11) is 0. The van der Waals surface area contributed by atoms with Gasteiger partial charge in [-0.3, -0.25) is 0 Å². The van der Waals surface area contributed by atoms with Crippen LogP contribution < -0.4 is 10.6 Å². The summed E-state index contributed by atoms with van der Waals surface area (Å²) in [5, 5.41) is 14.8. The van der Waals surface area contributed by atoms with E-state index < -0.39 is 5.97 Å². The number of aromatic carboxylic acids is 1. The molecule has 5 nitrogen and oxygen atoms in total. The maximum atomic E-state index is 12.0. The molecule has 0 aromatic heterocycles. The van der Waals surface area contributed by atoms with Gasteiger partial charge in [0.2, 0.25) is 0 Å². The standard InChI is InChI=1S/C15H20N2O3/c1-9-5-3-7-12(9)16-15(20)17-13-8-4-6-11(10(13)2)14(18)19/h4,6,8-9,12H,3,5,7H2,1-2H3,(H,18,19)(H2,16,17,20). The molecule has 20 heavy (non-hydrogen) atoms.